The minimum Gasteiger partial charge on any atom is -0.321 e. The molecule has 2 aromatic rings. The van der Waals surface area contributed by atoms with Gasteiger partial charge in [0, 0.05) is 40.0 Å². The zero-order valence-electron chi connectivity index (χ0n) is 9.35. The van der Waals surface area contributed by atoms with E-state index in [0.717, 1.165) is 11.4 Å². The smallest absolute Gasteiger partial charge is 0.185 e. The van der Waals surface area contributed by atoms with E-state index in [0.29, 0.717) is 16.3 Å². The Morgan fingerprint density at radius 3 is 2.76 bits per heavy atom. The van der Waals surface area contributed by atoms with Gasteiger partial charge in [0.1, 0.15) is 0 Å². The molecule has 0 N–H and O–H groups in total. The van der Waals surface area contributed by atoms with Gasteiger partial charge in [-0.15, -0.1) is 0 Å². The van der Waals surface area contributed by atoms with E-state index >= 15 is 0 Å². The third-order valence-corrected chi connectivity index (χ3v) is 3.15. The maximum Gasteiger partial charge on any atom is 0.185 e. The molecule has 0 radical (unpaired) electrons. The van der Waals surface area contributed by atoms with Crippen LogP contribution in [0, 0.1) is 6.92 Å². The maximum atomic E-state index is 11.6. The highest BCUT2D eigenvalue weighted by Crippen LogP contribution is 2.16. The number of aryl methyl sites for hydroxylation is 1. The molecule has 2 nitrogen and oxygen atoms in total. The summed E-state index contributed by atoms with van der Waals surface area (Å²) >= 11 is 10.1. The first-order chi connectivity index (χ1) is 8.11. The standard InChI is InChI=1S/C13H12ClNOS/c1-9-5-13(16)10(8-17)7-15(9)12-4-2-3-11(14)6-12/h2-7,17H,8H2,1H3. The SMILES string of the molecule is Cc1cc(=O)c(CS)cn1-c1cccc(Cl)c1. The Morgan fingerprint density at radius 1 is 1.35 bits per heavy atom. The number of pyridine rings is 1. The van der Waals surface area contributed by atoms with Gasteiger partial charge in [0.15, 0.2) is 5.43 Å². The number of thiol groups is 1. The van der Waals surface area contributed by atoms with Gasteiger partial charge >= 0.3 is 0 Å². The Hall–Kier alpha value is -1.19. The Labute approximate surface area is 110 Å². The van der Waals surface area contributed by atoms with Gasteiger partial charge in [-0.2, -0.15) is 12.6 Å². The summed E-state index contributed by atoms with van der Waals surface area (Å²) in [7, 11) is 0. The summed E-state index contributed by atoms with van der Waals surface area (Å²) in [4.78, 5) is 11.6. The first-order valence-electron chi connectivity index (χ1n) is 5.21. The molecule has 1 aromatic carbocycles. The van der Waals surface area contributed by atoms with Crippen molar-refractivity contribution in [1.82, 2.24) is 4.57 Å². The largest absolute Gasteiger partial charge is 0.321 e. The first kappa shape index (κ1) is 12.3. The molecule has 0 saturated heterocycles. The molecular weight excluding hydrogens is 254 g/mol. The van der Waals surface area contributed by atoms with Crippen molar-refractivity contribution < 1.29 is 0 Å². The number of hydrogen-bond acceptors (Lipinski definition) is 2. The molecule has 0 aliphatic carbocycles. The lowest BCUT2D eigenvalue weighted by Gasteiger charge is -2.12. The van der Waals surface area contributed by atoms with Gasteiger partial charge in [-0.25, -0.2) is 0 Å². The molecule has 0 unspecified atom stereocenters. The lowest BCUT2D eigenvalue weighted by atomic mass is 10.2. The Bertz CT molecular complexity index is 607. The van der Waals surface area contributed by atoms with Gasteiger partial charge in [0.2, 0.25) is 0 Å². The minimum absolute atomic E-state index is 0.0239. The third-order valence-electron chi connectivity index (χ3n) is 2.58. The van der Waals surface area contributed by atoms with Crippen molar-refractivity contribution in [2.24, 2.45) is 0 Å². The Balaban J connectivity index is 2.63. The van der Waals surface area contributed by atoms with Crippen LogP contribution in [0.3, 0.4) is 0 Å². The quantitative estimate of drug-likeness (QED) is 0.828. The summed E-state index contributed by atoms with van der Waals surface area (Å²) in [5, 5.41) is 0.674. The summed E-state index contributed by atoms with van der Waals surface area (Å²) in [6.07, 6.45) is 1.82. The molecule has 17 heavy (non-hydrogen) atoms. The summed E-state index contributed by atoms with van der Waals surface area (Å²) in [5.74, 6) is 0.430. The second kappa shape index (κ2) is 4.98. The van der Waals surface area contributed by atoms with Gasteiger partial charge in [0.25, 0.3) is 0 Å². The van der Waals surface area contributed by atoms with Crippen molar-refractivity contribution in [2.75, 3.05) is 0 Å². The lowest BCUT2D eigenvalue weighted by molar-refractivity contribution is 0.956. The molecule has 0 saturated carbocycles. The van der Waals surface area contributed by atoms with Gasteiger partial charge in [-0.05, 0) is 25.1 Å². The average Bonchev–Trinajstić information content (AvgIpc) is 2.29. The normalized spacial score (nSPS) is 10.5. The molecule has 0 spiro atoms. The molecule has 4 heteroatoms. The second-order valence-electron chi connectivity index (χ2n) is 3.81. The summed E-state index contributed by atoms with van der Waals surface area (Å²) in [5.41, 5.74) is 2.52. The third kappa shape index (κ3) is 2.56. The van der Waals surface area contributed by atoms with Crippen LogP contribution in [0.15, 0.2) is 41.3 Å². The summed E-state index contributed by atoms with van der Waals surface area (Å²) < 4.78 is 1.94. The van der Waals surface area contributed by atoms with E-state index in [1.807, 2.05) is 42.0 Å². The molecular formula is C13H12ClNOS. The van der Waals surface area contributed by atoms with Crippen LogP contribution in [0.25, 0.3) is 5.69 Å². The van der Waals surface area contributed by atoms with Crippen LogP contribution in [-0.4, -0.2) is 4.57 Å². The molecule has 0 aliphatic rings. The van der Waals surface area contributed by atoms with Crippen molar-refractivity contribution >= 4 is 24.2 Å². The van der Waals surface area contributed by atoms with Gasteiger partial charge in [-0.1, -0.05) is 17.7 Å². The predicted octanol–water partition coefficient (Wildman–Crippen LogP) is 3.23. The summed E-state index contributed by atoms with van der Waals surface area (Å²) in [6, 6.07) is 9.14. The van der Waals surface area contributed by atoms with E-state index in [1.54, 1.807) is 6.07 Å². The zero-order chi connectivity index (χ0) is 12.4. The maximum absolute atomic E-state index is 11.6. The molecule has 0 aliphatic heterocycles. The van der Waals surface area contributed by atoms with Crippen molar-refractivity contribution in [3.05, 3.63) is 63.0 Å². The van der Waals surface area contributed by atoms with Crippen LogP contribution in [0.4, 0.5) is 0 Å². The fourth-order valence-electron chi connectivity index (χ4n) is 1.70. The number of halogens is 1. The molecule has 0 amide bonds. The van der Waals surface area contributed by atoms with E-state index in [4.69, 9.17) is 11.6 Å². The Kier molecular flexibility index (Phi) is 3.60. The van der Waals surface area contributed by atoms with E-state index in [9.17, 15) is 4.79 Å². The van der Waals surface area contributed by atoms with Crippen LogP contribution in [0.1, 0.15) is 11.3 Å². The fourth-order valence-corrected chi connectivity index (χ4v) is 2.12. The van der Waals surface area contributed by atoms with Crippen LogP contribution < -0.4 is 5.43 Å². The van der Waals surface area contributed by atoms with Gasteiger partial charge < -0.3 is 4.57 Å². The molecule has 1 heterocycles. The molecule has 2 rings (SSSR count). The molecule has 1 aromatic heterocycles. The van der Waals surface area contributed by atoms with Crippen molar-refractivity contribution in [3.63, 3.8) is 0 Å². The van der Waals surface area contributed by atoms with E-state index in [2.05, 4.69) is 12.6 Å². The van der Waals surface area contributed by atoms with E-state index in [1.165, 1.54) is 0 Å². The van der Waals surface area contributed by atoms with Crippen LogP contribution in [-0.2, 0) is 5.75 Å². The van der Waals surface area contributed by atoms with E-state index in [-0.39, 0.29) is 5.43 Å². The first-order valence-corrected chi connectivity index (χ1v) is 6.22. The second-order valence-corrected chi connectivity index (χ2v) is 4.56. The molecule has 0 atom stereocenters. The lowest BCUT2D eigenvalue weighted by Crippen LogP contribution is -2.12. The predicted molar refractivity (Wildman–Crippen MR) is 74.5 cm³/mol. The van der Waals surface area contributed by atoms with Crippen LogP contribution in [0.2, 0.25) is 5.02 Å². The number of rotatable bonds is 2. The summed E-state index contributed by atoms with van der Waals surface area (Å²) in [6.45, 7) is 1.89. The average molecular weight is 266 g/mol. The highest BCUT2D eigenvalue weighted by Gasteiger charge is 2.04. The topological polar surface area (TPSA) is 22.0 Å². The highest BCUT2D eigenvalue weighted by molar-refractivity contribution is 7.79. The number of benzene rings is 1. The van der Waals surface area contributed by atoms with Gasteiger partial charge in [0.05, 0.1) is 0 Å². The fraction of sp³-hybridized carbons (Fsp3) is 0.154. The molecule has 88 valence electrons. The minimum atomic E-state index is 0.0239. The monoisotopic (exact) mass is 265 g/mol. The Morgan fingerprint density at radius 2 is 2.12 bits per heavy atom. The highest BCUT2D eigenvalue weighted by atomic mass is 35.5. The van der Waals surface area contributed by atoms with E-state index < -0.39 is 0 Å². The molecule has 0 bridgehead atoms. The van der Waals surface area contributed by atoms with Crippen molar-refractivity contribution in [2.45, 2.75) is 12.7 Å². The molecule has 0 fully saturated rings. The number of hydrogen-bond donors (Lipinski definition) is 1. The number of nitrogens with zero attached hydrogens (tertiary/aromatic N) is 1. The van der Waals surface area contributed by atoms with Crippen molar-refractivity contribution in [3.8, 4) is 5.69 Å². The number of aromatic nitrogens is 1. The van der Waals surface area contributed by atoms with Crippen LogP contribution >= 0.6 is 24.2 Å². The zero-order valence-corrected chi connectivity index (χ0v) is 11.0. The van der Waals surface area contributed by atoms with Crippen LogP contribution in [0.5, 0.6) is 0 Å². The van der Waals surface area contributed by atoms with Gasteiger partial charge in [-0.3, -0.25) is 4.79 Å². The van der Waals surface area contributed by atoms with Crippen molar-refractivity contribution in [1.29, 1.82) is 0 Å².